The Bertz CT molecular complexity index is 1320. The van der Waals surface area contributed by atoms with Crippen LogP contribution in [0.3, 0.4) is 0 Å². The molecule has 0 bridgehead atoms. The number of nitrogens with one attached hydrogen (secondary N) is 1. The third-order valence-corrected chi connectivity index (χ3v) is 5.91. The molecule has 0 unspecified atom stereocenters. The lowest BCUT2D eigenvalue weighted by Gasteiger charge is -2.16. The molecule has 0 spiro atoms. The van der Waals surface area contributed by atoms with E-state index in [4.69, 9.17) is 9.72 Å². The van der Waals surface area contributed by atoms with Crippen molar-refractivity contribution in [3.63, 3.8) is 0 Å². The fourth-order valence-corrected chi connectivity index (χ4v) is 4.32. The minimum absolute atomic E-state index is 0.00602. The predicted octanol–water partition coefficient (Wildman–Crippen LogP) is 4.20. The Hall–Kier alpha value is -4.13. The first kappa shape index (κ1) is 20.8. The molecule has 1 aliphatic rings. The van der Waals surface area contributed by atoms with Crippen LogP contribution in [-0.2, 0) is 16.0 Å². The Morgan fingerprint density at radius 2 is 1.73 bits per heavy atom. The lowest BCUT2D eigenvalue weighted by Crippen LogP contribution is -2.33. The molecular formula is C26H24N4O3. The monoisotopic (exact) mass is 440 g/mol. The Kier molecular flexibility index (Phi) is 5.52. The molecule has 33 heavy (non-hydrogen) atoms. The molecule has 0 radical (unpaired) electrons. The van der Waals surface area contributed by atoms with E-state index < -0.39 is 6.04 Å². The third kappa shape index (κ3) is 3.93. The number of hydrogen-bond donors (Lipinski definition) is 1. The molecule has 0 saturated carbocycles. The van der Waals surface area contributed by atoms with E-state index in [2.05, 4.69) is 5.32 Å². The molecule has 7 heteroatoms. The van der Waals surface area contributed by atoms with Gasteiger partial charge in [0.2, 0.25) is 11.9 Å². The predicted molar refractivity (Wildman–Crippen MR) is 128 cm³/mol. The van der Waals surface area contributed by atoms with Gasteiger partial charge >= 0.3 is 0 Å². The van der Waals surface area contributed by atoms with Crippen LogP contribution in [0, 0.1) is 0 Å². The maximum absolute atomic E-state index is 13.5. The summed E-state index contributed by atoms with van der Waals surface area (Å²) in [5, 5.41) is 2.88. The Labute approximate surface area is 191 Å². The van der Waals surface area contributed by atoms with Crippen LogP contribution >= 0.6 is 0 Å². The van der Waals surface area contributed by atoms with Gasteiger partial charge in [0.05, 0.1) is 30.3 Å². The summed E-state index contributed by atoms with van der Waals surface area (Å²) in [7, 11) is 1.56. The van der Waals surface area contributed by atoms with Gasteiger partial charge in [-0.1, -0.05) is 54.6 Å². The smallest absolute Gasteiger partial charge is 0.253 e. The topological polar surface area (TPSA) is 76.5 Å². The molecule has 1 aliphatic heterocycles. The number of fused-ring (bicyclic) bond motifs is 3. The van der Waals surface area contributed by atoms with Crippen molar-refractivity contribution in [3.8, 4) is 5.75 Å². The van der Waals surface area contributed by atoms with Crippen molar-refractivity contribution in [2.75, 3.05) is 23.9 Å². The number of imidazole rings is 1. The lowest BCUT2D eigenvalue weighted by molar-refractivity contribution is -0.124. The molecular weight excluding hydrogens is 416 g/mol. The van der Waals surface area contributed by atoms with Gasteiger partial charge in [-0.05, 0) is 36.2 Å². The molecule has 2 amide bonds. The van der Waals surface area contributed by atoms with Crippen LogP contribution < -0.4 is 15.0 Å². The molecule has 5 rings (SSSR count). The van der Waals surface area contributed by atoms with Crippen LogP contribution in [0.5, 0.6) is 5.75 Å². The number of nitrogens with zero attached hydrogens (tertiary/aromatic N) is 3. The number of hydrogen-bond acceptors (Lipinski definition) is 4. The minimum atomic E-state index is -0.655. The van der Waals surface area contributed by atoms with E-state index in [1.54, 1.807) is 24.1 Å². The molecule has 7 nitrogen and oxygen atoms in total. The van der Waals surface area contributed by atoms with E-state index in [-0.39, 0.29) is 18.2 Å². The van der Waals surface area contributed by atoms with E-state index in [1.165, 1.54) is 0 Å². The van der Waals surface area contributed by atoms with Gasteiger partial charge in [-0.3, -0.25) is 19.1 Å². The summed E-state index contributed by atoms with van der Waals surface area (Å²) in [6.45, 7) is 0.497. The summed E-state index contributed by atoms with van der Waals surface area (Å²) in [4.78, 5) is 32.8. The molecule has 0 aliphatic carbocycles. The van der Waals surface area contributed by atoms with Gasteiger partial charge < -0.3 is 10.1 Å². The van der Waals surface area contributed by atoms with Crippen molar-refractivity contribution in [1.29, 1.82) is 0 Å². The first-order valence-corrected chi connectivity index (χ1v) is 10.9. The number of rotatable bonds is 7. The van der Waals surface area contributed by atoms with Crippen LogP contribution in [0.4, 0.5) is 11.6 Å². The standard InChI is InChI=1S/C26H24N4O3/c1-33-23-14-8-6-12-20(23)27-24(31)17-22-25(32)29(16-15-18-9-3-2-4-10-18)26-28-19-11-5-7-13-21(19)30(22)26/h2-14,22H,15-17H2,1H3,(H,27,31)/t22-/m0/s1. The quantitative estimate of drug-likeness (QED) is 0.467. The molecule has 1 atom stereocenters. The number of aromatic nitrogens is 2. The summed E-state index contributed by atoms with van der Waals surface area (Å²) in [5.41, 5.74) is 3.37. The molecule has 1 aromatic heterocycles. The zero-order valence-corrected chi connectivity index (χ0v) is 18.3. The van der Waals surface area contributed by atoms with E-state index in [0.29, 0.717) is 30.4 Å². The van der Waals surface area contributed by atoms with Crippen molar-refractivity contribution in [2.24, 2.45) is 0 Å². The molecule has 166 valence electrons. The maximum atomic E-state index is 13.5. The highest BCUT2D eigenvalue weighted by molar-refractivity contribution is 6.05. The average molecular weight is 441 g/mol. The van der Waals surface area contributed by atoms with Crippen LogP contribution in [0.1, 0.15) is 18.0 Å². The van der Waals surface area contributed by atoms with Gasteiger partial charge in [0, 0.05) is 6.54 Å². The largest absolute Gasteiger partial charge is 0.495 e. The molecule has 0 fully saturated rings. The number of para-hydroxylation sites is 4. The number of benzene rings is 3. The normalized spacial score (nSPS) is 15.0. The first-order chi connectivity index (χ1) is 16.2. The number of methoxy groups -OCH3 is 1. The van der Waals surface area contributed by atoms with E-state index >= 15 is 0 Å². The third-order valence-electron chi connectivity index (χ3n) is 5.91. The molecule has 4 aromatic rings. The minimum Gasteiger partial charge on any atom is -0.495 e. The van der Waals surface area contributed by atoms with Gasteiger partial charge in [0.15, 0.2) is 0 Å². The van der Waals surface area contributed by atoms with E-state index in [9.17, 15) is 9.59 Å². The summed E-state index contributed by atoms with van der Waals surface area (Å²) >= 11 is 0. The number of carbonyl (C=O) groups excluding carboxylic acids is 2. The van der Waals surface area contributed by atoms with Gasteiger partial charge in [-0.15, -0.1) is 0 Å². The zero-order valence-electron chi connectivity index (χ0n) is 18.3. The van der Waals surface area contributed by atoms with Gasteiger partial charge in [0.1, 0.15) is 11.8 Å². The summed E-state index contributed by atoms with van der Waals surface area (Å²) in [6.07, 6.45) is 0.710. The van der Waals surface area contributed by atoms with Crippen molar-refractivity contribution in [3.05, 3.63) is 84.4 Å². The van der Waals surface area contributed by atoms with Gasteiger partial charge in [0.25, 0.3) is 5.91 Å². The molecule has 0 saturated heterocycles. The number of amides is 2. The van der Waals surface area contributed by atoms with Gasteiger partial charge in [-0.2, -0.15) is 0 Å². The molecule has 3 aromatic carbocycles. The van der Waals surface area contributed by atoms with E-state index in [1.807, 2.05) is 71.3 Å². The second-order valence-corrected chi connectivity index (χ2v) is 7.96. The lowest BCUT2D eigenvalue weighted by atomic mass is 10.1. The van der Waals surface area contributed by atoms with Crippen LogP contribution in [0.25, 0.3) is 11.0 Å². The van der Waals surface area contributed by atoms with Crippen LogP contribution in [0.2, 0.25) is 0 Å². The summed E-state index contributed by atoms with van der Waals surface area (Å²) in [5.74, 6) is 0.787. The van der Waals surface area contributed by atoms with Crippen molar-refractivity contribution in [1.82, 2.24) is 9.55 Å². The highest BCUT2D eigenvalue weighted by Crippen LogP contribution is 2.37. The molecule has 2 heterocycles. The van der Waals surface area contributed by atoms with Gasteiger partial charge in [-0.25, -0.2) is 4.98 Å². The highest BCUT2D eigenvalue weighted by Gasteiger charge is 2.40. The van der Waals surface area contributed by atoms with Crippen LogP contribution in [0.15, 0.2) is 78.9 Å². The second kappa shape index (κ2) is 8.78. The maximum Gasteiger partial charge on any atom is 0.253 e. The Morgan fingerprint density at radius 3 is 2.55 bits per heavy atom. The SMILES string of the molecule is COc1ccccc1NC(=O)C[C@H]1C(=O)N(CCc2ccccc2)c2nc3ccccc3n21. The van der Waals surface area contributed by atoms with E-state index in [0.717, 1.165) is 16.6 Å². The second-order valence-electron chi connectivity index (χ2n) is 7.96. The summed E-state index contributed by atoms with van der Waals surface area (Å²) < 4.78 is 7.22. The van der Waals surface area contributed by atoms with Crippen molar-refractivity contribution < 1.29 is 14.3 Å². The fourth-order valence-electron chi connectivity index (χ4n) is 4.32. The Balaban J connectivity index is 1.42. The fraction of sp³-hybridized carbons (Fsp3) is 0.192. The zero-order chi connectivity index (χ0) is 22.8. The summed E-state index contributed by atoms with van der Waals surface area (Å²) in [6, 6.07) is 24.3. The number of carbonyl (C=O) groups is 2. The first-order valence-electron chi connectivity index (χ1n) is 10.9. The average Bonchev–Trinajstić information content (AvgIpc) is 3.33. The molecule has 1 N–H and O–H groups in total. The van der Waals surface area contributed by atoms with Crippen LogP contribution in [-0.4, -0.2) is 35.0 Å². The highest BCUT2D eigenvalue weighted by atomic mass is 16.5. The van der Waals surface area contributed by atoms with Crippen molar-refractivity contribution >= 4 is 34.5 Å². The Morgan fingerprint density at radius 1 is 1.00 bits per heavy atom. The number of ether oxygens (including phenoxy) is 1. The van der Waals surface area contributed by atoms with Crippen molar-refractivity contribution in [2.45, 2.75) is 18.9 Å². The number of anilines is 2.